The molecule has 1 aliphatic heterocycles. The number of ether oxygens (including phenoxy) is 1. The Balaban J connectivity index is 1.54. The average molecular weight is 631 g/mol. The van der Waals surface area contributed by atoms with Crippen LogP contribution in [-0.2, 0) is 21.2 Å². The molecule has 4 atom stereocenters. The van der Waals surface area contributed by atoms with Gasteiger partial charge in [0.05, 0.1) is 18.0 Å². The first-order chi connectivity index (χ1) is 20.4. The maximum absolute atomic E-state index is 15.2. The lowest BCUT2D eigenvalue weighted by atomic mass is 9.82. The molecule has 43 heavy (non-hydrogen) atoms. The van der Waals surface area contributed by atoms with Gasteiger partial charge in [0.25, 0.3) is 0 Å². The Hall–Kier alpha value is -3.02. The predicted octanol–water partition coefficient (Wildman–Crippen LogP) is 5.18. The van der Waals surface area contributed by atoms with Crippen LogP contribution in [0.1, 0.15) is 44.2 Å². The molecule has 11 heteroatoms. The predicted molar refractivity (Wildman–Crippen MR) is 168 cm³/mol. The molecule has 0 saturated carbocycles. The number of anilines is 1. The summed E-state index contributed by atoms with van der Waals surface area (Å²) in [5.74, 6) is -0.595. The van der Waals surface area contributed by atoms with Gasteiger partial charge in [-0.05, 0) is 79.8 Å². The third kappa shape index (κ3) is 7.56. The van der Waals surface area contributed by atoms with Crippen LogP contribution >= 0.6 is 11.6 Å². The molecule has 1 amide bonds. The Morgan fingerprint density at radius 3 is 2.42 bits per heavy atom. The van der Waals surface area contributed by atoms with Crippen molar-refractivity contribution in [3.8, 4) is 5.75 Å². The van der Waals surface area contributed by atoms with Gasteiger partial charge in [-0.1, -0.05) is 43.6 Å². The Labute approximate surface area is 258 Å². The molecule has 1 saturated heterocycles. The van der Waals surface area contributed by atoms with E-state index in [-0.39, 0.29) is 29.2 Å². The van der Waals surface area contributed by atoms with Crippen molar-refractivity contribution in [3.63, 3.8) is 0 Å². The van der Waals surface area contributed by atoms with Gasteiger partial charge in [-0.25, -0.2) is 12.8 Å². The summed E-state index contributed by atoms with van der Waals surface area (Å²) >= 11 is 6.06. The molecule has 0 aliphatic carbocycles. The lowest BCUT2D eigenvalue weighted by molar-refractivity contribution is -0.118. The number of nitrogens with one attached hydrogen (secondary N) is 2. The number of nitrogens with two attached hydrogens (primary N) is 1. The van der Waals surface area contributed by atoms with Crippen molar-refractivity contribution in [3.05, 3.63) is 88.7 Å². The van der Waals surface area contributed by atoms with Crippen LogP contribution in [0.2, 0.25) is 5.02 Å². The van der Waals surface area contributed by atoms with Gasteiger partial charge in [-0.2, -0.15) is 4.31 Å². The van der Waals surface area contributed by atoms with Gasteiger partial charge in [-0.15, -0.1) is 0 Å². The Morgan fingerprint density at radius 1 is 1.12 bits per heavy atom. The van der Waals surface area contributed by atoms with Gasteiger partial charge in [0.2, 0.25) is 15.9 Å². The molecule has 0 spiro atoms. The molecule has 4 N–H and O–H groups in total. The number of rotatable bonds is 11. The van der Waals surface area contributed by atoms with E-state index in [4.69, 9.17) is 22.1 Å². The van der Waals surface area contributed by atoms with E-state index < -0.39 is 33.8 Å². The number of amides is 1. The molecule has 3 aromatic carbocycles. The summed E-state index contributed by atoms with van der Waals surface area (Å²) in [5, 5.41) is 6.74. The van der Waals surface area contributed by atoms with Crippen molar-refractivity contribution in [1.82, 2.24) is 9.62 Å². The highest BCUT2D eigenvalue weighted by Gasteiger charge is 2.38. The van der Waals surface area contributed by atoms with Crippen molar-refractivity contribution >= 4 is 33.2 Å². The summed E-state index contributed by atoms with van der Waals surface area (Å²) in [6.07, 6.45) is 0.540. The highest BCUT2D eigenvalue weighted by Crippen LogP contribution is 2.31. The third-order valence-electron chi connectivity index (χ3n) is 8.02. The number of sulfonamides is 1. The second kappa shape index (κ2) is 14.2. The van der Waals surface area contributed by atoms with Crippen LogP contribution in [0, 0.1) is 11.7 Å². The third-order valence-corrected chi connectivity index (χ3v) is 10.3. The smallest absolute Gasteiger partial charge is 0.243 e. The minimum absolute atomic E-state index is 0.0494. The molecule has 4 rings (SSSR count). The SMILES string of the molecule is COc1ccc(S(=O)(=O)N2[C@@H](CCc3c(F)cccc3NC(=O)[C@@H](N)[C@@H](c3ccc(Cl)cc3)C(C)C)CNC[C@@H]2C)cc1. The number of hydrogen-bond donors (Lipinski definition) is 3. The standard InChI is InChI=1S/C32H40ClFN4O4S/c1-20(2)30(22-8-10-23(33)11-9-22)31(35)32(39)37-29-7-5-6-28(34)27(29)17-12-24-19-36-18-21(3)38(24)43(40,41)26-15-13-25(42-4)14-16-26/h5-11,13-16,20-21,24,30-31,36H,12,17-19,35H2,1-4H3,(H,37,39)/t21-,24-,30+,31-/m0/s1. The van der Waals surface area contributed by atoms with Crippen LogP contribution in [0.25, 0.3) is 0 Å². The Kier molecular flexibility index (Phi) is 10.8. The van der Waals surface area contributed by atoms with Gasteiger partial charge >= 0.3 is 0 Å². The zero-order valence-corrected chi connectivity index (χ0v) is 26.5. The lowest BCUT2D eigenvalue weighted by Gasteiger charge is -2.40. The monoisotopic (exact) mass is 630 g/mol. The highest BCUT2D eigenvalue weighted by molar-refractivity contribution is 7.89. The topological polar surface area (TPSA) is 114 Å². The maximum atomic E-state index is 15.2. The second-order valence-corrected chi connectivity index (χ2v) is 13.6. The molecule has 3 aromatic rings. The summed E-state index contributed by atoms with van der Waals surface area (Å²) < 4.78 is 49.4. The largest absolute Gasteiger partial charge is 0.497 e. The van der Waals surface area contributed by atoms with Gasteiger partial charge in [0.1, 0.15) is 11.6 Å². The van der Waals surface area contributed by atoms with Gasteiger partial charge in [0.15, 0.2) is 0 Å². The summed E-state index contributed by atoms with van der Waals surface area (Å²) in [6, 6.07) is 16.4. The van der Waals surface area contributed by atoms with E-state index in [2.05, 4.69) is 10.6 Å². The van der Waals surface area contributed by atoms with Crippen LogP contribution in [0.15, 0.2) is 71.6 Å². The van der Waals surface area contributed by atoms with Crippen molar-refractivity contribution < 1.29 is 22.3 Å². The molecule has 0 radical (unpaired) electrons. The average Bonchev–Trinajstić information content (AvgIpc) is 2.97. The number of benzene rings is 3. The van der Waals surface area contributed by atoms with Crippen molar-refractivity contribution in [2.24, 2.45) is 11.7 Å². The van der Waals surface area contributed by atoms with E-state index in [1.807, 2.05) is 32.9 Å². The molecule has 0 aromatic heterocycles. The molecule has 1 aliphatic rings. The number of carbonyl (C=O) groups is 1. The van der Waals surface area contributed by atoms with E-state index in [1.165, 1.54) is 35.7 Å². The fourth-order valence-electron chi connectivity index (χ4n) is 5.84. The molecule has 232 valence electrons. The molecule has 8 nitrogen and oxygen atoms in total. The van der Waals surface area contributed by atoms with E-state index in [9.17, 15) is 13.2 Å². The van der Waals surface area contributed by atoms with E-state index in [0.717, 1.165) is 5.56 Å². The fourth-order valence-corrected chi connectivity index (χ4v) is 7.81. The molecule has 1 fully saturated rings. The number of piperazine rings is 1. The zero-order valence-electron chi connectivity index (χ0n) is 24.9. The molecular formula is C32H40ClFN4O4S. The summed E-state index contributed by atoms with van der Waals surface area (Å²) in [4.78, 5) is 13.6. The van der Waals surface area contributed by atoms with E-state index in [0.29, 0.717) is 41.5 Å². The first kappa shape index (κ1) is 32.9. The quantitative estimate of drug-likeness (QED) is 0.269. The molecule has 0 unspecified atom stereocenters. The van der Waals surface area contributed by atoms with Crippen LogP contribution in [0.4, 0.5) is 10.1 Å². The first-order valence-electron chi connectivity index (χ1n) is 14.4. The summed E-state index contributed by atoms with van der Waals surface area (Å²) in [6.45, 7) is 6.74. The van der Waals surface area contributed by atoms with Gasteiger partial charge in [-0.3, -0.25) is 4.79 Å². The van der Waals surface area contributed by atoms with Crippen molar-refractivity contribution in [1.29, 1.82) is 0 Å². The fraction of sp³-hybridized carbons (Fsp3) is 0.406. The van der Waals surface area contributed by atoms with Crippen LogP contribution in [-0.4, -0.2) is 57.0 Å². The van der Waals surface area contributed by atoms with E-state index >= 15 is 4.39 Å². The number of nitrogens with zero attached hydrogens (tertiary/aromatic N) is 1. The normalized spacial score (nSPS) is 19.2. The number of halogens is 2. The van der Waals surface area contributed by atoms with Crippen molar-refractivity contribution in [2.75, 3.05) is 25.5 Å². The van der Waals surface area contributed by atoms with Crippen molar-refractivity contribution in [2.45, 2.75) is 62.6 Å². The molecule has 0 bridgehead atoms. The number of hydrogen-bond acceptors (Lipinski definition) is 6. The molecule has 1 heterocycles. The minimum Gasteiger partial charge on any atom is -0.497 e. The van der Waals surface area contributed by atoms with Crippen LogP contribution in [0.3, 0.4) is 0 Å². The van der Waals surface area contributed by atoms with Crippen LogP contribution < -0.4 is 21.1 Å². The van der Waals surface area contributed by atoms with Gasteiger partial charge < -0.3 is 21.1 Å². The lowest BCUT2D eigenvalue weighted by Crippen LogP contribution is -2.58. The number of carbonyl (C=O) groups excluding carboxylic acids is 1. The highest BCUT2D eigenvalue weighted by atomic mass is 35.5. The zero-order chi connectivity index (χ0) is 31.3. The van der Waals surface area contributed by atoms with Gasteiger partial charge in [0, 0.05) is 47.4 Å². The molecular weight excluding hydrogens is 591 g/mol. The Bertz CT molecular complexity index is 1500. The maximum Gasteiger partial charge on any atom is 0.243 e. The van der Waals surface area contributed by atoms with E-state index in [1.54, 1.807) is 30.3 Å². The summed E-state index contributed by atoms with van der Waals surface area (Å²) in [7, 11) is -2.32. The number of methoxy groups -OCH3 is 1. The van der Waals surface area contributed by atoms with Crippen LogP contribution in [0.5, 0.6) is 5.75 Å². The first-order valence-corrected chi connectivity index (χ1v) is 16.2. The second-order valence-electron chi connectivity index (χ2n) is 11.3. The minimum atomic E-state index is -3.84. The Morgan fingerprint density at radius 2 is 1.79 bits per heavy atom. The summed E-state index contributed by atoms with van der Waals surface area (Å²) in [5.41, 5.74) is 7.99.